The highest BCUT2D eigenvalue weighted by molar-refractivity contribution is 9.10. The summed E-state index contributed by atoms with van der Waals surface area (Å²) in [7, 11) is 0. The molecule has 0 aliphatic heterocycles. The predicted octanol–water partition coefficient (Wildman–Crippen LogP) is 2.23. The molecule has 5 nitrogen and oxygen atoms in total. The Kier molecular flexibility index (Phi) is 3.65. The van der Waals surface area contributed by atoms with E-state index in [1.807, 2.05) is 0 Å². The lowest BCUT2D eigenvalue weighted by molar-refractivity contribution is 0.279. The van der Waals surface area contributed by atoms with Crippen LogP contribution in [0.3, 0.4) is 0 Å². The highest BCUT2D eigenvalue weighted by Gasteiger charge is 2.05. The number of aryl methyl sites for hydroxylation is 1. The van der Waals surface area contributed by atoms with Crippen molar-refractivity contribution in [1.29, 1.82) is 0 Å². The first-order valence-electron chi connectivity index (χ1n) is 4.91. The van der Waals surface area contributed by atoms with Crippen LogP contribution in [0, 0.1) is 6.92 Å². The third-order valence-corrected chi connectivity index (χ3v) is 2.55. The Morgan fingerprint density at radius 1 is 1.35 bits per heavy atom. The largest absolute Gasteiger partial charge is 0.423 e. The Balaban J connectivity index is 2.22. The second kappa shape index (κ2) is 5.20. The van der Waals surface area contributed by atoms with Gasteiger partial charge in [-0.3, -0.25) is 4.98 Å². The predicted molar refractivity (Wildman–Crippen MR) is 64.7 cm³/mol. The summed E-state index contributed by atoms with van der Waals surface area (Å²) < 4.78 is 6.26. The average molecular weight is 296 g/mol. The van der Waals surface area contributed by atoms with Gasteiger partial charge in [-0.15, -0.1) is 0 Å². The van der Waals surface area contributed by atoms with Crippen molar-refractivity contribution in [1.82, 2.24) is 15.0 Å². The molecule has 6 heteroatoms. The van der Waals surface area contributed by atoms with Gasteiger partial charge in [0.1, 0.15) is 0 Å². The van der Waals surface area contributed by atoms with Crippen molar-refractivity contribution in [2.75, 3.05) is 0 Å². The second-order valence-corrected chi connectivity index (χ2v) is 4.28. The Labute approximate surface area is 107 Å². The SMILES string of the molecule is Cc1nc(Oc2cncc(Br)c2)ncc1CO. The molecular weight excluding hydrogens is 286 g/mol. The zero-order valence-electron chi connectivity index (χ0n) is 9.09. The van der Waals surface area contributed by atoms with Crippen molar-refractivity contribution in [3.8, 4) is 11.8 Å². The van der Waals surface area contributed by atoms with Crippen LogP contribution in [0.2, 0.25) is 0 Å². The van der Waals surface area contributed by atoms with Gasteiger partial charge in [-0.05, 0) is 28.9 Å². The number of halogens is 1. The van der Waals surface area contributed by atoms with E-state index in [2.05, 4.69) is 30.9 Å². The van der Waals surface area contributed by atoms with Crippen molar-refractivity contribution >= 4 is 15.9 Å². The molecule has 0 saturated heterocycles. The van der Waals surface area contributed by atoms with Crippen LogP contribution in [0.25, 0.3) is 0 Å². The topological polar surface area (TPSA) is 68.1 Å². The van der Waals surface area contributed by atoms with Gasteiger partial charge in [-0.2, -0.15) is 4.98 Å². The fraction of sp³-hybridized carbons (Fsp3) is 0.182. The van der Waals surface area contributed by atoms with Gasteiger partial charge in [0.2, 0.25) is 0 Å². The summed E-state index contributed by atoms with van der Waals surface area (Å²) in [5.41, 5.74) is 1.38. The third kappa shape index (κ3) is 2.98. The van der Waals surface area contributed by atoms with E-state index in [1.165, 1.54) is 0 Å². The number of aliphatic hydroxyl groups excluding tert-OH is 1. The molecule has 0 saturated carbocycles. The molecule has 17 heavy (non-hydrogen) atoms. The third-order valence-electron chi connectivity index (χ3n) is 2.12. The van der Waals surface area contributed by atoms with Gasteiger partial charge >= 0.3 is 6.01 Å². The van der Waals surface area contributed by atoms with Crippen LogP contribution in [0.5, 0.6) is 11.8 Å². The zero-order valence-corrected chi connectivity index (χ0v) is 10.7. The maximum Gasteiger partial charge on any atom is 0.322 e. The highest BCUT2D eigenvalue weighted by Crippen LogP contribution is 2.20. The molecule has 2 heterocycles. The Bertz CT molecular complexity index is 534. The first-order chi connectivity index (χ1) is 8.19. The van der Waals surface area contributed by atoms with Crippen LogP contribution in [-0.2, 0) is 6.61 Å². The molecule has 0 fully saturated rings. The van der Waals surface area contributed by atoms with E-state index in [9.17, 15) is 0 Å². The average Bonchev–Trinajstić information content (AvgIpc) is 2.29. The van der Waals surface area contributed by atoms with Crippen molar-refractivity contribution in [3.05, 3.63) is 40.4 Å². The van der Waals surface area contributed by atoms with Crippen LogP contribution in [0.1, 0.15) is 11.3 Å². The molecule has 88 valence electrons. The first kappa shape index (κ1) is 11.9. The summed E-state index contributed by atoms with van der Waals surface area (Å²) in [5, 5.41) is 9.00. The Hall–Kier alpha value is -1.53. The molecule has 0 aliphatic rings. The minimum atomic E-state index is -0.0788. The summed E-state index contributed by atoms with van der Waals surface area (Å²) in [6.45, 7) is 1.71. The molecule has 0 aliphatic carbocycles. The first-order valence-corrected chi connectivity index (χ1v) is 5.70. The highest BCUT2D eigenvalue weighted by atomic mass is 79.9. The van der Waals surface area contributed by atoms with Gasteiger partial charge in [0.15, 0.2) is 5.75 Å². The van der Waals surface area contributed by atoms with E-state index in [0.29, 0.717) is 17.0 Å². The maximum atomic E-state index is 9.00. The second-order valence-electron chi connectivity index (χ2n) is 3.36. The summed E-state index contributed by atoms with van der Waals surface area (Å²) in [6.07, 6.45) is 4.78. The molecule has 2 aromatic heterocycles. The van der Waals surface area contributed by atoms with Crippen molar-refractivity contribution < 1.29 is 9.84 Å². The quantitative estimate of drug-likeness (QED) is 0.940. The van der Waals surface area contributed by atoms with E-state index < -0.39 is 0 Å². The number of rotatable bonds is 3. The molecule has 0 spiro atoms. The lowest BCUT2D eigenvalue weighted by Crippen LogP contribution is -1.98. The number of hydrogen-bond donors (Lipinski definition) is 1. The van der Waals surface area contributed by atoms with Gasteiger partial charge < -0.3 is 9.84 Å². The van der Waals surface area contributed by atoms with E-state index in [4.69, 9.17) is 9.84 Å². The lowest BCUT2D eigenvalue weighted by Gasteiger charge is -2.06. The molecule has 2 rings (SSSR count). The van der Waals surface area contributed by atoms with Crippen molar-refractivity contribution in [3.63, 3.8) is 0 Å². The van der Waals surface area contributed by atoms with Crippen molar-refractivity contribution in [2.45, 2.75) is 13.5 Å². The summed E-state index contributed by atoms with van der Waals surface area (Å²) >= 11 is 3.30. The summed E-state index contributed by atoms with van der Waals surface area (Å²) in [5.74, 6) is 0.551. The Morgan fingerprint density at radius 3 is 2.82 bits per heavy atom. The molecular formula is C11H10BrN3O2. The van der Waals surface area contributed by atoms with Crippen LogP contribution >= 0.6 is 15.9 Å². The molecule has 0 aromatic carbocycles. The molecule has 0 unspecified atom stereocenters. The van der Waals surface area contributed by atoms with Gasteiger partial charge in [-0.25, -0.2) is 4.98 Å². The number of aromatic nitrogens is 3. The number of pyridine rings is 1. The van der Waals surface area contributed by atoms with Crippen LogP contribution in [-0.4, -0.2) is 20.1 Å². The molecule has 2 aromatic rings. The molecule has 0 radical (unpaired) electrons. The fourth-order valence-electron chi connectivity index (χ4n) is 1.23. The van der Waals surface area contributed by atoms with Gasteiger partial charge in [-0.1, -0.05) is 0 Å². The summed E-state index contributed by atoms with van der Waals surface area (Å²) in [6, 6.07) is 2.01. The minimum absolute atomic E-state index is 0.0788. The minimum Gasteiger partial charge on any atom is -0.423 e. The number of nitrogens with zero attached hydrogens (tertiary/aromatic N) is 3. The van der Waals surface area contributed by atoms with Gasteiger partial charge in [0.25, 0.3) is 0 Å². The van der Waals surface area contributed by atoms with E-state index >= 15 is 0 Å². The van der Waals surface area contributed by atoms with E-state index in [0.717, 1.165) is 4.47 Å². The Morgan fingerprint density at radius 2 is 2.18 bits per heavy atom. The van der Waals surface area contributed by atoms with Crippen LogP contribution < -0.4 is 4.74 Å². The number of ether oxygens (including phenoxy) is 1. The van der Waals surface area contributed by atoms with E-state index in [-0.39, 0.29) is 12.6 Å². The summed E-state index contributed by atoms with van der Waals surface area (Å²) in [4.78, 5) is 12.1. The number of aliphatic hydroxyl groups is 1. The van der Waals surface area contributed by atoms with Gasteiger partial charge in [0.05, 0.1) is 18.5 Å². The van der Waals surface area contributed by atoms with Gasteiger partial charge in [0, 0.05) is 22.4 Å². The maximum absolute atomic E-state index is 9.00. The van der Waals surface area contributed by atoms with Crippen LogP contribution in [0.15, 0.2) is 29.1 Å². The lowest BCUT2D eigenvalue weighted by atomic mass is 10.3. The van der Waals surface area contributed by atoms with E-state index in [1.54, 1.807) is 31.6 Å². The molecule has 0 atom stereocenters. The molecule has 1 N–H and O–H groups in total. The smallest absolute Gasteiger partial charge is 0.322 e. The van der Waals surface area contributed by atoms with Crippen molar-refractivity contribution in [2.24, 2.45) is 0 Å². The standard InChI is InChI=1S/C11H10BrN3O2/c1-7-8(6-16)3-14-11(15-7)17-10-2-9(12)4-13-5-10/h2-5,16H,6H2,1H3. The normalized spacial score (nSPS) is 10.3. The fourth-order valence-corrected chi connectivity index (χ4v) is 1.57. The monoisotopic (exact) mass is 295 g/mol. The molecule has 0 bridgehead atoms. The number of hydrogen-bond acceptors (Lipinski definition) is 5. The zero-order chi connectivity index (χ0) is 12.3. The van der Waals surface area contributed by atoms with Crippen LogP contribution in [0.4, 0.5) is 0 Å². The molecule has 0 amide bonds.